The van der Waals surface area contributed by atoms with Crippen LogP contribution in [0.25, 0.3) is 49.2 Å². The van der Waals surface area contributed by atoms with Crippen molar-refractivity contribution in [1.82, 2.24) is 0 Å². The molecule has 0 bridgehead atoms. The molecule has 1 atom stereocenters. The summed E-state index contributed by atoms with van der Waals surface area (Å²) in [5, 5.41) is 11.1. The van der Waals surface area contributed by atoms with E-state index in [0.29, 0.717) is 5.92 Å². The van der Waals surface area contributed by atoms with Gasteiger partial charge in [0.2, 0.25) is 0 Å². The molecule has 0 fully saturated rings. The molecule has 0 heteroatoms. The zero-order chi connectivity index (χ0) is 17.5. The van der Waals surface area contributed by atoms with E-state index in [2.05, 4.69) is 91.0 Å². The number of allylic oxidation sites excluding steroid dienone is 5. The zero-order valence-electron chi connectivity index (χ0n) is 14.7. The summed E-state index contributed by atoms with van der Waals surface area (Å²) in [4.78, 5) is 0. The number of benzene rings is 5. The second kappa shape index (κ2) is 4.66. The molecule has 5 aromatic carbocycles. The fourth-order valence-corrected chi connectivity index (χ4v) is 5.31. The van der Waals surface area contributed by atoms with E-state index in [1.165, 1.54) is 59.8 Å². The molecule has 0 N–H and O–H groups in total. The Morgan fingerprint density at radius 2 is 1.52 bits per heavy atom. The minimum absolute atomic E-state index is 0.357. The van der Waals surface area contributed by atoms with Crippen molar-refractivity contribution in [2.24, 2.45) is 0 Å². The van der Waals surface area contributed by atoms with Crippen molar-refractivity contribution in [3.8, 4) is 0 Å². The van der Waals surface area contributed by atoms with Crippen LogP contribution in [0.15, 0.2) is 90.5 Å². The number of hydrogen-bond acceptors (Lipinski definition) is 0. The second-order valence-corrected chi connectivity index (χ2v) is 7.73. The van der Waals surface area contributed by atoms with E-state index in [1.807, 2.05) is 0 Å². The molecule has 2 aliphatic carbocycles. The molecule has 7 rings (SSSR count). The average molecular weight is 340 g/mol. The lowest BCUT2D eigenvalue weighted by molar-refractivity contribution is 1.03. The van der Waals surface area contributed by atoms with Gasteiger partial charge in [-0.2, -0.15) is 0 Å². The molecule has 0 amide bonds. The Morgan fingerprint density at radius 3 is 2.48 bits per heavy atom. The van der Waals surface area contributed by atoms with Crippen LogP contribution in [-0.2, 0) is 0 Å². The van der Waals surface area contributed by atoms with Gasteiger partial charge < -0.3 is 0 Å². The lowest BCUT2D eigenvalue weighted by atomic mass is 9.75. The van der Waals surface area contributed by atoms with Crippen LogP contribution in [0.3, 0.4) is 0 Å². The van der Waals surface area contributed by atoms with Crippen LogP contribution >= 0.6 is 0 Å². The highest BCUT2D eigenvalue weighted by Crippen LogP contribution is 2.49. The standard InChI is InChI=1S/C27H16/c1-2-9-19-17(6-1)14-24-21-11-4-3-10-20(21)22-13-12-16-7-5-8-18-15-23(19)26(24)27(22)25(16)18/h1-15,19H. The minimum Gasteiger partial charge on any atom is -0.0726 e. The van der Waals surface area contributed by atoms with E-state index in [0.717, 1.165) is 0 Å². The largest absolute Gasteiger partial charge is 0.0726 e. The van der Waals surface area contributed by atoms with Crippen LogP contribution < -0.4 is 0 Å². The van der Waals surface area contributed by atoms with Crippen LogP contribution in [0.1, 0.15) is 17.0 Å². The van der Waals surface area contributed by atoms with Crippen LogP contribution in [0.5, 0.6) is 0 Å². The molecular weight excluding hydrogens is 324 g/mol. The SMILES string of the molecule is C1=CC2=Cc3c4ccccc4c4ccc5cccc6cc(c3c4c56)C2C=C1. The average Bonchev–Trinajstić information content (AvgIpc) is 2.73. The Morgan fingerprint density at radius 1 is 0.630 bits per heavy atom. The molecule has 0 aromatic heterocycles. The van der Waals surface area contributed by atoms with Gasteiger partial charge in [0.15, 0.2) is 0 Å². The van der Waals surface area contributed by atoms with Gasteiger partial charge in [-0.25, -0.2) is 0 Å². The van der Waals surface area contributed by atoms with Gasteiger partial charge in [-0.1, -0.05) is 78.9 Å². The predicted molar refractivity (Wildman–Crippen MR) is 117 cm³/mol. The zero-order valence-corrected chi connectivity index (χ0v) is 14.7. The van der Waals surface area contributed by atoms with Gasteiger partial charge in [-0.15, -0.1) is 0 Å². The summed E-state index contributed by atoms with van der Waals surface area (Å²) in [5.41, 5.74) is 4.23. The van der Waals surface area contributed by atoms with E-state index in [4.69, 9.17) is 0 Å². The maximum Gasteiger partial charge on any atom is 0.0279 e. The van der Waals surface area contributed by atoms with Gasteiger partial charge in [-0.05, 0) is 71.9 Å². The molecule has 0 nitrogen and oxygen atoms in total. The van der Waals surface area contributed by atoms with Crippen molar-refractivity contribution in [2.75, 3.05) is 0 Å². The Kier molecular flexibility index (Phi) is 2.38. The van der Waals surface area contributed by atoms with Crippen LogP contribution in [0, 0.1) is 0 Å². The van der Waals surface area contributed by atoms with Crippen molar-refractivity contribution in [3.63, 3.8) is 0 Å². The van der Waals surface area contributed by atoms with E-state index < -0.39 is 0 Å². The topological polar surface area (TPSA) is 0 Å². The Hall–Kier alpha value is -3.38. The maximum absolute atomic E-state index is 2.43. The molecular formula is C27H16. The molecule has 0 aliphatic heterocycles. The summed E-state index contributed by atoms with van der Waals surface area (Å²) in [5.74, 6) is 0.357. The van der Waals surface area contributed by atoms with Gasteiger partial charge in [0.05, 0.1) is 0 Å². The first-order valence-corrected chi connectivity index (χ1v) is 9.59. The smallest absolute Gasteiger partial charge is 0.0279 e. The van der Waals surface area contributed by atoms with Gasteiger partial charge >= 0.3 is 0 Å². The van der Waals surface area contributed by atoms with Crippen LogP contribution in [-0.4, -0.2) is 0 Å². The summed E-state index contributed by atoms with van der Waals surface area (Å²) in [6, 6.07) is 22.6. The van der Waals surface area contributed by atoms with Crippen LogP contribution in [0.4, 0.5) is 0 Å². The first-order valence-electron chi connectivity index (χ1n) is 9.59. The minimum atomic E-state index is 0.357. The summed E-state index contributed by atoms with van der Waals surface area (Å²) in [6.07, 6.45) is 11.4. The van der Waals surface area contributed by atoms with Gasteiger partial charge in [0.1, 0.15) is 0 Å². The molecule has 27 heavy (non-hydrogen) atoms. The number of rotatable bonds is 0. The number of fused-ring (bicyclic) bond motifs is 5. The van der Waals surface area contributed by atoms with E-state index >= 15 is 0 Å². The monoisotopic (exact) mass is 340 g/mol. The van der Waals surface area contributed by atoms with Crippen molar-refractivity contribution in [2.45, 2.75) is 5.92 Å². The molecule has 0 saturated carbocycles. The van der Waals surface area contributed by atoms with Gasteiger partial charge in [-0.3, -0.25) is 0 Å². The van der Waals surface area contributed by atoms with E-state index in [-0.39, 0.29) is 0 Å². The predicted octanol–water partition coefficient (Wildman–Crippen LogP) is 7.34. The van der Waals surface area contributed by atoms with Crippen LogP contribution in [0.2, 0.25) is 0 Å². The quantitative estimate of drug-likeness (QED) is 0.204. The highest BCUT2D eigenvalue weighted by Gasteiger charge is 2.26. The Labute approximate surface area is 157 Å². The Bertz CT molecular complexity index is 1510. The fraction of sp³-hybridized carbons (Fsp3) is 0.0370. The molecule has 0 saturated heterocycles. The van der Waals surface area contributed by atoms with Gasteiger partial charge in [0, 0.05) is 5.92 Å². The third kappa shape index (κ3) is 1.60. The lowest BCUT2D eigenvalue weighted by Crippen LogP contribution is -2.07. The summed E-state index contributed by atoms with van der Waals surface area (Å²) < 4.78 is 0. The van der Waals surface area contributed by atoms with Crippen molar-refractivity contribution in [1.29, 1.82) is 0 Å². The molecule has 2 aliphatic rings. The first kappa shape index (κ1) is 13.8. The van der Waals surface area contributed by atoms with E-state index in [9.17, 15) is 0 Å². The van der Waals surface area contributed by atoms with Crippen molar-refractivity contribution in [3.05, 3.63) is 102 Å². The molecule has 0 spiro atoms. The summed E-state index contributed by atoms with van der Waals surface area (Å²) >= 11 is 0. The lowest BCUT2D eigenvalue weighted by Gasteiger charge is -2.28. The summed E-state index contributed by atoms with van der Waals surface area (Å²) in [7, 11) is 0. The Balaban J connectivity index is 1.88. The highest BCUT2D eigenvalue weighted by atomic mass is 14.3. The second-order valence-electron chi connectivity index (χ2n) is 7.73. The van der Waals surface area contributed by atoms with Gasteiger partial charge in [0.25, 0.3) is 0 Å². The molecule has 0 heterocycles. The van der Waals surface area contributed by atoms with Crippen molar-refractivity contribution < 1.29 is 0 Å². The third-order valence-electron chi connectivity index (χ3n) is 6.41. The maximum atomic E-state index is 2.43. The molecule has 0 radical (unpaired) electrons. The fourth-order valence-electron chi connectivity index (χ4n) is 5.31. The highest BCUT2D eigenvalue weighted by molar-refractivity contribution is 6.32. The molecule has 5 aromatic rings. The third-order valence-corrected chi connectivity index (χ3v) is 6.41. The normalized spacial score (nSPS) is 17.9. The summed E-state index contributed by atoms with van der Waals surface area (Å²) in [6.45, 7) is 0. The first-order chi connectivity index (χ1) is 13.4. The number of hydrogen-bond donors (Lipinski definition) is 0. The van der Waals surface area contributed by atoms with E-state index in [1.54, 1.807) is 0 Å². The van der Waals surface area contributed by atoms with Crippen molar-refractivity contribution >= 4 is 49.2 Å². The molecule has 124 valence electrons. The molecule has 1 unspecified atom stereocenters.